The highest BCUT2D eigenvalue weighted by Gasteiger charge is 2.03. The molecule has 0 atom stereocenters. The molecule has 0 saturated carbocycles. The molecular formula is C11H11N2. The Morgan fingerprint density at radius 2 is 2.31 bits per heavy atom. The van der Waals surface area contributed by atoms with Crippen LogP contribution in [-0.4, -0.2) is 9.78 Å². The summed E-state index contributed by atoms with van der Waals surface area (Å²) in [5.74, 6) is 0. The van der Waals surface area contributed by atoms with E-state index in [9.17, 15) is 0 Å². The van der Waals surface area contributed by atoms with E-state index in [1.54, 1.807) is 0 Å². The van der Waals surface area contributed by atoms with E-state index in [4.69, 9.17) is 0 Å². The third-order valence-electron chi connectivity index (χ3n) is 2.03. The van der Waals surface area contributed by atoms with Crippen molar-refractivity contribution in [1.29, 1.82) is 0 Å². The van der Waals surface area contributed by atoms with Crippen LogP contribution in [0.1, 0.15) is 5.69 Å². The fourth-order valence-electron chi connectivity index (χ4n) is 1.44. The van der Waals surface area contributed by atoms with Gasteiger partial charge in [0.2, 0.25) is 0 Å². The van der Waals surface area contributed by atoms with E-state index in [1.165, 1.54) is 11.1 Å². The van der Waals surface area contributed by atoms with Crippen LogP contribution in [0, 0.1) is 13.0 Å². The molecular weight excluding hydrogens is 160 g/mol. The van der Waals surface area contributed by atoms with E-state index in [-0.39, 0.29) is 0 Å². The quantitative estimate of drug-likeness (QED) is 0.643. The molecule has 0 fully saturated rings. The summed E-state index contributed by atoms with van der Waals surface area (Å²) in [6.07, 6.45) is 2.03. The molecule has 13 heavy (non-hydrogen) atoms. The van der Waals surface area contributed by atoms with Gasteiger partial charge in [-0.15, -0.1) is 0 Å². The summed E-state index contributed by atoms with van der Waals surface area (Å²) >= 11 is 0. The second-order valence-electron chi connectivity index (χ2n) is 3.09. The first-order valence-electron chi connectivity index (χ1n) is 4.24. The molecule has 0 spiro atoms. The van der Waals surface area contributed by atoms with Gasteiger partial charge in [-0.1, -0.05) is 18.2 Å². The monoisotopic (exact) mass is 171 g/mol. The van der Waals surface area contributed by atoms with Crippen molar-refractivity contribution in [3.05, 3.63) is 42.2 Å². The average molecular weight is 171 g/mol. The van der Waals surface area contributed by atoms with Crippen molar-refractivity contribution in [2.24, 2.45) is 7.05 Å². The minimum atomic E-state index is 1.06. The first-order chi connectivity index (χ1) is 6.27. The zero-order chi connectivity index (χ0) is 9.26. The van der Waals surface area contributed by atoms with Crippen molar-refractivity contribution in [3.63, 3.8) is 0 Å². The molecule has 1 aromatic carbocycles. The number of benzene rings is 1. The highest BCUT2D eigenvalue weighted by atomic mass is 15.2. The molecule has 1 heterocycles. The van der Waals surface area contributed by atoms with Crippen molar-refractivity contribution < 1.29 is 0 Å². The normalized spacial score (nSPS) is 10.3. The standard InChI is InChI=1S/C11H11N2/c1-9-11(8-13(2)12-9)10-6-4-3-5-7-10/h3-4,6-8H,1-2H3. The first kappa shape index (κ1) is 8.05. The van der Waals surface area contributed by atoms with E-state index in [2.05, 4.69) is 17.2 Å². The van der Waals surface area contributed by atoms with Gasteiger partial charge in [0.1, 0.15) is 0 Å². The topological polar surface area (TPSA) is 17.8 Å². The first-order valence-corrected chi connectivity index (χ1v) is 4.24. The molecule has 1 aromatic heterocycles. The fraction of sp³-hybridized carbons (Fsp3) is 0.182. The fourth-order valence-corrected chi connectivity index (χ4v) is 1.44. The van der Waals surface area contributed by atoms with Crippen molar-refractivity contribution in [1.82, 2.24) is 9.78 Å². The molecule has 2 aromatic rings. The molecule has 0 unspecified atom stereocenters. The Bertz CT molecular complexity index is 401. The second-order valence-corrected chi connectivity index (χ2v) is 3.09. The molecule has 65 valence electrons. The number of nitrogens with zero attached hydrogens (tertiary/aromatic N) is 2. The Morgan fingerprint density at radius 1 is 1.46 bits per heavy atom. The minimum absolute atomic E-state index is 1.06. The lowest BCUT2D eigenvalue weighted by molar-refractivity contribution is 0.756. The van der Waals surface area contributed by atoms with Crippen LogP contribution < -0.4 is 0 Å². The molecule has 2 heteroatoms. The maximum absolute atomic E-state index is 4.29. The summed E-state index contributed by atoms with van der Waals surface area (Å²) < 4.78 is 1.83. The van der Waals surface area contributed by atoms with E-state index in [1.807, 2.05) is 43.0 Å². The maximum atomic E-state index is 4.29. The summed E-state index contributed by atoms with van der Waals surface area (Å²) in [6, 6.07) is 11.0. The van der Waals surface area contributed by atoms with Crippen LogP contribution >= 0.6 is 0 Å². The molecule has 2 rings (SSSR count). The highest BCUT2D eigenvalue weighted by Crippen LogP contribution is 2.20. The molecule has 0 bridgehead atoms. The van der Waals surface area contributed by atoms with Gasteiger partial charge in [-0.25, -0.2) is 0 Å². The van der Waals surface area contributed by atoms with Crippen LogP contribution in [0.15, 0.2) is 30.5 Å². The van der Waals surface area contributed by atoms with Crippen molar-refractivity contribution >= 4 is 0 Å². The number of aromatic nitrogens is 2. The summed E-state index contributed by atoms with van der Waals surface area (Å²) in [4.78, 5) is 0. The van der Waals surface area contributed by atoms with Gasteiger partial charge in [0, 0.05) is 18.8 Å². The molecule has 0 amide bonds. The van der Waals surface area contributed by atoms with E-state index in [0.717, 1.165) is 5.69 Å². The molecule has 0 N–H and O–H groups in total. The lowest BCUT2D eigenvalue weighted by atomic mass is 10.1. The van der Waals surface area contributed by atoms with Crippen LogP contribution in [0.2, 0.25) is 0 Å². The van der Waals surface area contributed by atoms with Crippen LogP contribution in [0.5, 0.6) is 0 Å². The Hall–Kier alpha value is -1.57. The van der Waals surface area contributed by atoms with Crippen molar-refractivity contribution in [2.45, 2.75) is 6.92 Å². The summed E-state index contributed by atoms with van der Waals surface area (Å²) in [7, 11) is 1.93. The smallest absolute Gasteiger partial charge is 0.0671 e. The van der Waals surface area contributed by atoms with Gasteiger partial charge in [-0.3, -0.25) is 4.68 Å². The minimum Gasteiger partial charge on any atom is -0.275 e. The lowest BCUT2D eigenvalue weighted by Crippen LogP contribution is -1.86. The van der Waals surface area contributed by atoms with Crippen molar-refractivity contribution in [2.75, 3.05) is 0 Å². The predicted octanol–water partition coefficient (Wildman–Crippen LogP) is 2.20. The molecule has 2 nitrogen and oxygen atoms in total. The van der Waals surface area contributed by atoms with Crippen LogP contribution in [0.4, 0.5) is 0 Å². The maximum Gasteiger partial charge on any atom is 0.0671 e. The zero-order valence-electron chi connectivity index (χ0n) is 7.78. The largest absolute Gasteiger partial charge is 0.275 e. The Kier molecular flexibility index (Phi) is 1.89. The highest BCUT2D eigenvalue weighted by molar-refractivity contribution is 5.64. The number of hydrogen-bond donors (Lipinski definition) is 0. The Balaban J connectivity index is 2.53. The van der Waals surface area contributed by atoms with Crippen LogP contribution in [0.25, 0.3) is 11.1 Å². The van der Waals surface area contributed by atoms with Crippen LogP contribution in [0.3, 0.4) is 0 Å². The Morgan fingerprint density at radius 3 is 2.85 bits per heavy atom. The SMILES string of the molecule is Cc1nn(C)cc1-c1c[c]ccc1. The van der Waals surface area contributed by atoms with Gasteiger partial charge >= 0.3 is 0 Å². The molecule has 0 aliphatic heterocycles. The third-order valence-corrected chi connectivity index (χ3v) is 2.03. The third kappa shape index (κ3) is 1.47. The van der Waals surface area contributed by atoms with E-state index in [0.29, 0.717) is 0 Å². The van der Waals surface area contributed by atoms with Gasteiger partial charge in [-0.05, 0) is 24.6 Å². The molecule has 0 aliphatic rings. The Labute approximate surface area is 77.8 Å². The average Bonchev–Trinajstić information content (AvgIpc) is 2.47. The van der Waals surface area contributed by atoms with E-state index < -0.39 is 0 Å². The van der Waals surface area contributed by atoms with Gasteiger partial charge in [0.05, 0.1) is 5.69 Å². The van der Waals surface area contributed by atoms with Gasteiger partial charge < -0.3 is 0 Å². The number of rotatable bonds is 1. The number of hydrogen-bond acceptors (Lipinski definition) is 1. The molecule has 1 radical (unpaired) electrons. The van der Waals surface area contributed by atoms with Gasteiger partial charge in [-0.2, -0.15) is 5.10 Å². The predicted molar refractivity (Wildman–Crippen MR) is 52.2 cm³/mol. The zero-order valence-corrected chi connectivity index (χ0v) is 7.78. The lowest BCUT2D eigenvalue weighted by Gasteiger charge is -1.95. The second kappa shape index (κ2) is 3.05. The van der Waals surface area contributed by atoms with Gasteiger partial charge in [0.25, 0.3) is 0 Å². The number of aryl methyl sites for hydroxylation is 2. The summed E-state index contributed by atoms with van der Waals surface area (Å²) in [5, 5.41) is 4.29. The van der Waals surface area contributed by atoms with Crippen molar-refractivity contribution in [3.8, 4) is 11.1 Å². The van der Waals surface area contributed by atoms with Crippen LogP contribution in [-0.2, 0) is 7.05 Å². The summed E-state index contributed by atoms with van der Waals surface area (Å²) in [5.41, 5.74) is 3.41. The molecule has 0 saturated heterocycles. The van der Waals surface area contributed by atoms with E-state index >= 15 is 0 Å². The van der Waals surface area contributed by atoms with Gasteiger partial charge in [0.15, 0.2) is 0 Å². The summed E-state index contributed by atoms with van der Waals surface area (Å²) in [6.45, 7) is 2.02. The molecule has 0 aliphatic carbocycles.